The maximum absolute atomic E-state index is 9.57. The lowest BCUT2D eigenvalue weighted by molar-refractivity contribution is 0.475. The molecule has 0 aliphatic rings. The van der Waals surface area contributed by atoms with Gasteiger partial charge in [-0.05, 0) is 42.0 Å². The van der Waals surface area contributed by atoms with E-state index in [2.05, 4.69) is 21.6 Å². The van der Waals surface area contributed by atoms with Crippen LogP contribution in [-0.4, -0.2) is 15.3 Å². The number of phenolic OH excluding ortho intramolecular Hbond substituents is 1. The topological polar surface area (TPSA) is 108 Å². The Morgan fingerprint density at radius 1 is 1.03 bits per heavy atom. The zero-order chi connectivity index (χ0) is 20.4. The van der Waals surface area contributed by atoms with Gasteiger partial charge in [-0.25, -0.2) is 0 Å². The highest BCUT2D eigenvalue weighted by molar-refractivity contribution is 6.32. The van der Waals surface area contributed by atoms with Gasteiger partial charge in [0, 0.05) is 28.6 Å². The van der Waals surface area contributed by atoms with Gasteiger partial charge in [-0.1, -0.05) is 35.9 Å². The molecule has 0 bridgehead atoms. The standard InChI is InChI=1S/C22H16ClN5O/c23-19-9-14(5-7-20(19)29)12-26-22-18-8-13(11-24)4-6-17(18)21(27-28-22)15-2-1-3-16(25)10-15/h1-10,29H,12,25H2,(H,26,28). The van der Waals surface area contributed by atoms with Crippen LogP contribution < -0.4 is 11.1 Å². The molecule has 1 heterocycles. The molecule has 142 valence electrons. The number of hydrogen-bond donors (Lipinski definition) is 3. The van der Waals surface area contributed by atoms with Crippen molar-refractivity contribution in [2.45, 2.75) is 6.54 Å². The number of fused-ring (bicyclic) bond motifs is 1. The van der Waals surface area contributed by atoms with E-state index in [1.54, 1.807) is 30.3 Å². The molecule has 4 aromatic rings. The Bertz CT molecular complexity index is 1270. The number of nitrogens with zero attached hydrogens (tertiary/aromatic N) is 3. The lowest BCUT2D eigenvalue weighted by Gasteiger charge is -2.12. The normalized spacial score (nSPS) is 10.6. The molecule has 0 aliphatic carbocycles. The minimum Gasteiger partial charge on any atom is -0.506 e. The summed E-state index contributed by atoms with van der Waals surface area (Å²) in [5.74, 6) is 0.583. The van der Waals surface area contributed by atoms with Crippen molar-refractivity contribution in [3.05, 3.63) is 76.8 Å². The fraction of sp³-hybridized carbons (Fsp3) is 0.0455. The van der Waals surface area contributed by atoms with Gasteiger partial charge >= 0.3 is 0 Å². The number of hydrogen-bond acceptors (Lipinski definition) is 6. The summed E-state index contributed by atoms with van der Waals surface area (Å²) in [6.45, 7) is 0.429. The molecule has 0 spiro atoms. The lowest BCUT2D eigenvalue weighted by Crippen LogP contribution is -2.04. The number of halogens is 1. The first-order valence-electron chi connectivity index (χ1n) is 8.83. The number of rotatable bonds is 4. The van der Waals surface area contributed by atoms with Crippen LogP contribution in [-0.2, 0) is 6.54 Å². The zero-order valence-electron chi connectivity index (χ0n) is 15.2. The molecule has 0 atom stereocenters. The van der Waals surface area contributed by atoms with E-state index in [0.29, 0.717) is 29.3 Å². The van der Waals surface area contributed by atoms with Gasteiger partial charge < -0.3 is 16.2 Å². The molecule has 29 heavy (non-hydrogen) atoms. The predicted molar refractivity (Wildman–Crippen MR) is 115 cm³/mol. The number of aromatic hydroxyl groups is 1. The predicted octanol–water partition coefficient (Wildman–Crippen LogP) is 4.72. The molecular weight excluding hydrogens is 386 g/mol. The minimum atomic E-state index is 0.0332. The van der Waals surface area contributed by atoms with Crippen molar-refractivity contribution in [3.63, 3.8) is 0 Å². The first-order chi connectivity index (χ1) is 14.0. The van der Waals surface area contributed by atoms with Crippen molar-refractivity contribution in [2.75, 3.05) is 11.1 Å². The quantitative estimate of drug-likeness (QED) is 0.427. The van der Waals surface area contributed by atoms with Crippen molar-refractivity contribution >= 4 is 33.9 Å². The number of nitrogens with two attached hydrogens (primary N) is 1. The Morgan fingerprint density at radius 2 is 1.90 bits per heavy atom. The molecule has 0 fully saturated rings. The van der Waals surface area contributed by atoms with Crippen molar-refractivity contribution in [1.82, 2.24) is 10.2 Å². The van der Waals surface area contributed by atoms with E-state index in [-0.39, 0.29) is 10.8 Å². The second kappa shape index (κ2) is 7.66. The van der Waals surface area contributed by atoms with E-state index in [9.17, 15) is 10.4 Å². The van der Waals surface area contributed by atoms with Gasteiger partial charge in [0.1, 0.15) is 11.4 Å². The van der Waals surface area contributed by atoms with Crippen LogP contribution >= 0.6 is 11.6 Å². The summed E-state index contributed by atoms with van der Waals surface area (Å²) in [6.07, 6.45) is 0. The van der Waals surface area contributed by atoms with Crippen LogP contribution in [0.3, 0.4) is 0 Å². The van der Waals surface area contributed by atoms with E-state index in [0.717, 1.165) is 21.9 Å². The lowest BCUT2D eigenvalue weighted by atomic mass is 10.0. The third kappa shape index (κ3) is 3.77. The Labute approximate surface area is 172 Å². The first kappa shape index (κ1) is 18.5. The number of aromatic nitrogens is 2. The summed E-state index contributed by atoms with van der Waals surface area (Å²) in [4.78, 5) is 0. The number of phenols is 1. The summed E-state index contributed by atoms with van der Waals surface area (Å²) in [5, 5.41) is 32.8. The third-order valence-corrected chi connectivity index (χ3v) is 4.84. The smallest absolute Gasteiger partial charge is 0.156 e. The molecule has 7 heteroatoms. The van der Waals surface area contributed by atoms with E-state index < -0.39 is 0 Å². The summed E-state index contributed by atoms with van der Waals surface area (Å²) < 4.78 is 0. The van der Waals surface area contributed by atoms with Crippen LogP contribution in [0.25, 0.3) is 22.0 Å². The van der Waals surface area contributed by atoms with Gasteiger partial charge in [-0.3, -0.25) is 0 Å². The maximum Gasteiger partial charge on any atom is 0.156 e. The van der Waals surface area contributed by atoms with Crippen molar-refractivity contribution in [2.24, 2.45) is 0 Å². The zero-order valence-corrected chi connectivity index (χ0v) is 16.0. The minimum absolute atomic E-state index is 0.0332. The third-order valence-electron chi connectivity index (χ3n) is 4.54. The maximum atomic E-state index is 9.57. The Hall–Kier alpha value is -3.82. The van der Waals surface area contributed by atoms with E-state index >= 15 is 0 Å². The van der Waals surface area contributed by atoms with Crippen LogP contribution in [0, 0.1) is 11.3 Å². The highest BCUT2D eigenvalue weighted by Crippen LogP contribution is 2.32. The molecule has 6 nitrogen and oxygen atoms in total. The number of benzene rings is 3. The van der Waals surface area contributed by atoms with Crippen molar-refractivity contribution in [3.8, 4) is 23.1 Å². The van der Waals surface area contributed by atoms with Crippen LogP contribution in [0.4, 0.5) is 11.5 Å². The number of nitrogens with one attached hydrogen (secondary N) is 1. The van der Waals surface area contributed by atoms with E-state index in [1.165, 1.54) is 0 Å². The number of anilines is 2. The molecule has 4 N–H and O–H groups in total. The van der Waals surface area contributed by atoms with E-state index in [4.69, 9.17) is 17.3 Å². The summed E-state index contributed by atoms with van der Waals surface area (Å²) in [6, 6.07) is 20.0. The Balaban J connectivity index is 1.77. The molecule has 0 unspecified atom stereocenters. The van der Waals surface area contributed by atoms with Crippen molar-refractivity contribution < 1.29 is 5.11 Å². The van der Waals surface area contributed by atoms with Gasteiger partial charge in [-0.15, -0.1) is 10.2 Å². The number of nitriles is 1. The average molecular weight is 402 g/mol. The molecule has 0 saturated carbocycles. The molecule has 1 aromatic heterocycles. The van der Waals surface area contributed by atoms with Crippen LogP contribution in [0.5, 0.6) is 5.75 Å². The molecular formula is C22H16ClN5O. The summed E-state index contributed by atoms with van der Waals surface area (Å²) in [5.41, 5.74) is 9.50. The van der Waals surface area contributed by atoms with Gasteiger partial charge in [0.25, 0.3) is 0 Å². The molecule has 3 aromatic carbocycles. The van der Waals surface area contributed by atoms with Gasteiger partial charge in [-0.2, -0.15) is 5.26 Å². The molecule has 0 saturated heterocycles. The summed E-state index contributed by atoms with van der Waals surface area (Å²) >= 11 is 5.98. The monoisotopic (exact) mass is 401 g/mol. The fourth-order valence-electron chi connectivity index (χ4n) is 3.10. The SMILES string of the molecule is N#Cc1ccc2c(-c3cccc(N)c3)nnc(NCc3ccc(O)c(Cl)c3)c2c1. The van der Waals surface area contributed by atoms with Gasteiger partial charge in [0.15, 0.2) is 5.82 Å². The molecule has 0 amide bonds. The van der Waals surface area contributed by atoms with Crippen LogP contribution in [0.15, 0.2) is 60.7 Å². The summed E-state index contributed by atoms with van der Waals surface area (Å²) in [7, 11) is 0. The largest absolute Gasteiger partial charge is 0.506 e. The second-order valence-electron chi connectivity index (χ2n) is 6.53. The molecule has 0 aliphatic heterocycles. The first-order valence-corrected chi connectivity index (χ1v) is 9.20. The highest BCUT2D eigenvalue weighted by atomic mass is 35.5. The Kier molecular flexibility index (Phi) is 4.90. The number of nitrogen functional groups attached to an aromatic ring is 1. The second-order valence-corrected chi connectivity index (χ2v) is 6.94. The fourth-order valence-corrected chi connectivity index (χ4v) is 3.30. The molecule has 4 rings (SSSR count). The van der Waals surface area contributed by atoms with Gasteiger partial charge in [0.05, 0.1) is 16.7 Å². The van der Waals surface area contributed by atoms with Crippen LogP contribution in [0.1, 0.15) is 11.1 Å². The van der Waals surface area contributed by atoms with Crippen LogP contribution in [0.2, 0.25) is 5.02 Å². The van der Waals surface area contributed by atoms with E-state index in [1.807, 2.05) is 30.3 Å². The van der Waals surface area contributed by atoms with Crippen molar-refractivity contribution in [1.29, 1.82) is 5.26 Å². The molecule has 0 radical (unpaired) electrons. The van der Waals surface area contributed by atoms with Gasteiger partial charge in [0.2, 0.25) is 0 Å². The average Bonchev–Trinajstić information content (AvgIpc) is 2.74. The highest BCUT2D eigenvalue weighted by Gasteiger charge is 2.12. The Morgan fingerprint density at radius 3 is 2.66 bits per heavy atom.